The Bertz CT molecular complexity index is 622. The fourth-order valence-corrected chi connectivity index (χ4v) is 1.93. The van der Waals surface area contributed by atoms with E-state index in [0.717, 1.165) is 23.6 Å². The predicted molar refractivity (Wildman–Crippen MR) is 90.6 cm³/mol. The molecular weight excluding hydrogens is 258 g/mol. The van der Waals surface area contributed by atoms with Gasteiger partial charge in [-0.3, -0.25) is 4.99 Å². The van der Waals surface area contributed by atoms with Gasteiger partial charge in [-0.2, -0.15) is 0 Å². The van der Waals surface area contributed by atoms with Crippen molar-refractivity contribution in [2.75, 3.05) is 7.11 Å². The van der Waals surface area contributed by atoms with Crippen molar-refractivity contribution in [2.24, 2.45) is 4.99 Å². The van der Waals surface area contributed by atoms with Crippen molar-refractivity contribution in [1.82, 2.24) is 0 Å². The van der Waals surface area contributed by atoms with Crippen LogP contribution in [0, 0.1) is 6.92 Å². The van der Waals surface area contributed by atoms with Crippen molar-refractivity contribution in [3.05, 3.63) is 65.7 Å². The second kappa shape index (κ2) is 7.44. The van der Waals surface area contributed by atoms with Gasteiger partial charge in [-0.1, -0.05) is 42.8 Å². The van der Waals surface area contributed by atoms with Gasteiger partial charge in [-0.05, 0) is 49.2 Å². The Kier molecular flexibility index (Phi) is 5.33. The van der Waals surface area contributed by atoms with Crippen LogP contribution in [0.1, 0.15) is 24.5 Å². The van der Waals surface area contributed by atoms with E-state index < -0.39 is 0 Å². The molecule has 2 aromatic carbocycles. The zero-order valence-electron chi connectivity index (χ0n) is 12.8. The number of nitrogens with zero attached hydrogens (tertiary/aromatic N) is 1. The molecule has 2 heteroatoms. The van der Waals surface area contributed by atoms with Crippen LogP contribution in [0.4, 0.5) is 5.69 Å². The number of methoxy groups -OCH3 is 1. The molecule has 0 saturated heterocycles. The fourth-order valence-electron chi connectivity index (χ4n) is 1.93. The van der Waals surface area contributed by atoms with Crippen LogP contribution in [0.5, 0.6) is 5.75 Å². The molecule has 0 atom stereocenters. The second-order valence-electron chi connectivity index (χ2n) is 4.90. The van der Waals surface area contributed by atoms with Gasteiger partial charge in [0, 0.05) is 5.71 Å². The summed E-state index contributed by atoms with van der Waals surface area (Å²) in [6.45, 7) is 4.21. The lowest BCUT2D eigenvalue weighted by Gasteiger charge is -2.01. The Morgan fingerprint density at radius 2 is 1.71 bits per heavy atom. The zero-order valence-corrected chi connectivity index (χ0v) is 12.8. The molecule has 0 radical (unpaired) electrons. The Hall–Kier alpha value is -2.35. The summed E-state index contributed by atoms with van der Waals surface area (Å²) in [5.41, 5.74) is 4.47. The van der Waals surface area contributed by atoms with E-state index in [1.165, 1.54) is 11.1 Å². The molecule has 0 heterocycles. The number of ether oxygens (including phenoxy) is 1. The number of rotatable bonds is 5. The van der Waals surface area contributed by atoms with Crippen LogP contribution >= 0.6 is 0 Å². The highest BCUT2D eigenvalue weighted by Gasteiger charge is 1.95. The molecule has 0 spiro atoms. The first-order valence-electron chi connectivity index (χ1n) is 7.17. The predicted octanol–water partition coefficient (Wildman–Crippen LogP) is 5.20. The van der Waals surface area contributed by atoms with E-state index in [2.05, 4.69) is 55.3 Å². The Balaban J connectivity index is 2.14. The second-order valence-corrected chi connectivity index (χ2v) is 4.90. The molecule has 0 N–H and O–H groups in total. The maximum absolute atomic E-state index is 5.15. The molecule has 0 aliphatic rings. The average Bonchev–Trinajstić information content (AvgIpc) is 2.53. The number of benzene rings is 2. The summed E-state index contributed by atoms with van der Waals surface area (Å²) in [7, 11) is 1.67. The van der Waals surface area contributed by atoms with Gasteiger partial charge in [0.15, 0.2) is 0 Å². The number of aliphatic imine (C=N–C) groups is 1. The number of hydrogen-bond acceptors (Lipinski definition) is 2. The van der Waals surface area contributed by atoms with Gasteiger partial charge in [0.2, 0.25) is 0 Å². The van der Waals surface area contributed by atoms with Gasteiger partial charge in [0.1, 0.15) is 5.75 Å². The molecule has 0 saturated carbocycles. The molecule has 2 rings (SSSR count). The van der Waals surface area contributed by atoms with Crippen LogP contribution in [-0.4, -0.2) is 12.8 Å². The molecule has 0 amide bonds. The first-order valence-corrected chi connectivity index (χ1v) is 7.17. The first kappa shape index (κ1) is 15.0. The maximum atomic E-state index is 5.15. The molecule has 0 aromatic heterocycles. The third kappa shape index (κ3) is 4.60. The van der Waals surface area contributed by atoms with E-state index in [0.29, 0.717) is 0 Å². The van der Waals surface area contributed by atoms with Crippen LogP contribution < -0.4 is 4.74 Å². The molecule has 2 aromatic rings. The van der Waals surface area contributed by atoms with E-state index in [1.807, 2.05) is 24.3 Å². The summed E-state index contributed by atoms with van der Waals surface area (Å²) in [6.07, 6.45) is 5.08. The molecular formula is C19H21NO. The van der Waals surface area contributed by atoms with Gasteiger partial charge in [-0.25, -0.2) is 0 Å². The third-order valence-electron chi connectivity index (χ3n) is 3.25. The summed E-state index contributed by atoms with van der Waals surface area (Å²) in [5, 5.41) is 0. The molecule has 0 aliphatic heterocycles. The topological polar surface area (TPSA) is 21.6 Å². The van der Waals surface area contributed by atoms with E-state index in [-0.39, 0.29) is 0 Å². The van der Waals surface area contributed by atoms with Crippen molar-refractivity contribution in [2.45, 2.75) is 20.3 Å². The Labute approximate surface area is 126 Å². The largest absolute Gasteiger partial charge is 0.497 e. The van der Waals surface area contributed by atoms with E-state index in [4.69, 9.17) is 4.74 Å². The van der Waals surface area contributed by atoms with Crippen LogP contribution in [0.15, 0.2) is 59.6 Å². The molecule has 2 nitrogen and oxygen atoms in total. The zero-order chi connectivity index (χ0) is 15.1. The Morgan fingerprint density at radius 3 is 2.29 bits per heavy atom. The smallest absolute Gasteiger partial charge is 0.119 e. The molecule has 0 unspecified atom stereocenters. The van der Waals surface area contributed by atoms with Crippen molar-refractivity contribution in [1.29, 1.82) is 0 Å². The summed E-state index contributed by atoms with van der Waals surface area (Å²) < 4.78 is 5.15. The standard InChI is InChI=1S/C19H21NO/c1-4-17(10-9-16-7-5-15(2)6-8-16)20-18-11-13-19(21-3)14-12-18/h5-14H,4H2,1-3H3/b10-9+,20-17?. The van der Waals surface area contributed by atoms with Gasteiger partial charge in [0.25, 0.3) is 0 Å². The highest BCUT2D eigenvalue weighted by Crippen LogP contribution is 2.18. The molecule has 21 heavy (non-hydrogen) atoms. The fraction of sp³-hybridized carbons (Fsp3) is 0.211. The SMILES string of the molecule is CCC(/C=C/c1ccc(C)cc1)=Nc1ccc(OC)cc1. The summed E-state index contributed by atoms with van der Waals surface area (Å²) in [6, 6.07) is 16.3. The summed E-state index contributed by atoms with van der Waals surface area (Å²) in [5.74, 6) is 0.849. The van der Waals surface area contributed by atoms with Crippen molar-refractivity contribution in [3.8, 4) is 5.75 Å². The minimum atomic E-state index is 0.849. The van der Waals surface area contributed by atoms with Gasteiger partial charge in [-0.15, -0.1) is 0 Å². The van der Waals surface area contributed by atoms with Crippen molar-refractivity contribution < 1.29 is 4.74 Å². The molecule has 0 aliphatic carbocycles. The van der Waals surface area contributed by atoms with Crippen LogP contribution in [0.2, 0.25) is 0 Å². The van der Waals surface area contributed by atoms with E-state index in [1.54, 1.807) is 7.11 Å². The number of hydrogen-bond donors (Lipinski definition) is 0. The van der Waals surface area contributed by atoms with Crippen molar-refractivity contribution in [3.63, 3.8) is 0 Å². The summed E-state index contributed by atoms with van der Waals surface area (Å²) >= 11 is 0. The van der Waals surface area contributed by atoms with Gasteiger partial charge >= 0.3 is 0 Å². The quantitative estimate of drug-likeness (QED) is 0.689. The highest BCUT2D eigenvalue weighted by atomic mass is 16.5. The number of allylic oxidation sites excluding steroid dienone is 1. The lowest BCUT2D eigenvalue weighted by molar-refractivity contribution is 0.415. The minimum absolute atomic E-state index is 0.849. The molecule has 0 bridgehead atoms. The van der Waals surface area contributed by atoms with Crippen LogP contribution in [0.3, 0.4) is 0 Å². The van der Waals surface area contributed by atoms with E-state index in [9.17, 15) is 0 Å². The molecule has 108 valence electrons. The highest BCUT2D eigenvalue weighted by molar-refractivity contribution is 5.99. The lowest BCUT2D eigenvalue weighted by atomic mass is 10.1. The van der Waals surface area contributed by atoms with E-state index >= 15 is 0 Å². The third-order valence-corrected chi connectivity index (χ3v) is 3.25. The maximum Gasteiger partial charge on any atom is 0.119 e. The average molecular weight is 279 g/mol. The monoisotopic (exact) mass is 279 g/mol. The minimum Gasteiger partial charge on any atom is -0.497 e. The normalized spacial score (nSPS) is 11.9. The number of aryl methyl sites for hydroxylation is 1. The van der Waals surface area contributed by atoms with Crippen molar-refractivity contribution >= 4 is 17.5 Å². The Morgan fingerprint density at radius 1 is 1.05 bits per heavy atom. The first-order chi connectivity index (χ1) is 10.2. The van der Waals surface area contributed by atoms with Gasteiger partial charge in [0.05, 0.1) is 12.8 Å². The van der Waals surface area contributed by atoms with Gasteiger partial charge < -0.3 is 4.74 Å². The van der Waals surface area contributed by atoms with Crippen LogP contribution in [-0.2, 0) is 0 Å². The summed E-state index contributed by atoms with van der Waals surface area (Å²) in [4.78, 5) is 4.66. The molecule has 0 fully saturated rings. The lowest BCUT2D eigenvalue weighted by Crippen LogP contribution is -1.89. The van der Waals surface area contributed by atoms with Crippen LogP contribution in [0.25, 0.3) is 6.08 Å².